The molecule has 0 rings (SSSR count). The van der Waals surface area contributed by atoms with Crippen molar-refractivity contribution in [2.75, 3.05) is 13.1 Å². The molecule has 0 aromatic heterocycles. The molecule has 90 valence electrons. The van der Waals surface area contributed by atoms with Crippen LogP contribution in [0.4, 0.5) is 0 Å². The number of hydrogen-bond donors (Lipinski definition) is 0. The van der Waals surface area contributed by atoms with Crippen LogP contribution in [0.1, 0.15) is 47.0 Å². The third-order valence-corrected chi connectivity index (χ3v) is 8.50. The molecule has 0 aromatic rings. The van der Waals surface area contributed by atoms with E-state index < -0.39 is 8.24 Å². The number of rotatable bonds is 8. The summed E-state index contributed by atoms with van der Waals surface area (Å²) in [5.74, 6) is 0. The fourth-order valence-electron chi connectivity index (χ4n) is 2.27. The van der Waals surface area contributed by atoms with E-state index in [0.29, 0.717) is 0 Å². The minimum absolute atomic E-state index is 1.25. The predicted octanol–water partition coefficient (Wildman–Crippen LogP) is 4.21. The molecule has 0 saturated carbocycles. The van der Waals surface area contributed by atoms with E-state index in [1.807, 2.05) is 0 Å². The lowest BCUT2D eigenvalue weighted by atomic mass is 10.4. The second-order valence-corrected chi connectivity index (χ2v) is 9.32. The van der Waals surface area contributed by atoms with Gasteiger partial charge in [0.2, 0.25) is 0 Å². The standard InChI is InChI=1S/C13H29NSi/c1-7-10-14(11-8-2)15(6,12-9-3)13(4)5/h4,7-12H2,1-3,5-6H3. The quantitative estimate of drug-likeness (QED) is 0.562. The van der Waals surface area contributed by atoms with Crippen molar-refractivity contribution in [3.05, 3.63) is 11.8 Å². The lowest BCUT2D eigenvalue weighted by molar-refractivity contribution is 0.417. The van der Waals surface area contributed by atoms with Gasteiger partial charge in [0.25, 0.3) is 0 Å². The van der Waals surface area contributed by atoms with Crippen LogP contribution < -0.4 is 0 Å². The van der Waals surface area contributed by atoms with Crippen molar-refractivity contribution in [2.24, 2.45) is 0 Å². The fraction of sp³-hybridized carbons (Fsp3) is 0.846. The fourth-order valence-corrected chi connectivity index (χ4v) is 5.96. The molecule has 1 nitrogen and oxygen atoms in total. The van der Waals surface area contributed by atoms with Crippen molar-refractivity contribution in [3.63, 3.8) is 0 Å². The summed E-state index contributed by atoms with van der Waals surface area (Å²) in [7, 11) is -1.36. The van der Waals surface area contributed by atoms with E-state index in [1.165, 1.54) is 43.6 Å². The van der Waals surface area contributed by atoms with Crippen molar-refractivity contribution in [3.8, 4) is 0 Å². The highest BCUT2D eigenvalue weighted by atomic mass is 28.3. The van der Waals surface area contributed by atoms with Crippen molar-refractivity contribution in [1.82, 2.24) is 4.57 Å². The first-order chi connectivity index (χ1) is 7.02. The van der Waals surface area contributed by atoms with E-state index in [4.69, 9.17) is 0 Å². The first-order valence-corrected chi connectivity index (χ1v) is 9.09. The minimum atomic E-state index is -1.36. The van der Waals surface area contributed by atoms with Gasteiger partial charge < -0.3 is 4.57 Å². The van der Waals surface area contributed by atoms with Gasteiger partial charge in [-0.2, -0.15) is 0 Å². The summed E-state index contributed by atoms with van der Waals surface area (Å²) >= 11 is 0. The van der Waals surface area contributed by atoms with Crippen LogP contribution in [-0.2, 0) is 0 Å². The summed E-state index contributed by atoms with van der Waals surface area (Å²) in [5.41, 5.74) is 0. The Kier molecular flexibility index (Phi) is 7.19. The highest BCUT2D eigenvalue weighted by molar-refractivity contribution is 6.82. The Bertz CT molecular complexity index is 185. The highest BCUT2D eigenvalue weighted by Crippen LogP contribution is 2.25. The topological polar surface area (TPSA) is 3.24 Å². The Hall–Kier alpha value is -0.0831. The van der Waals surface area contributed by atoms with Gasteiger partial charge in [0.05, 0.1) is 0 Å². The second-order valence-electron chi connectivity index (χ2n) is 4.79. The van der Waals surface area contributed by atoms with Crippen LogP contribution in [0.5, 0.6) is 0 Å². The molecule has 0 saturated heterocycles. The molecule has 0 heterocycles. The number of nitrogens with zero attached hydrogens (tertiary/aromatic N) is 1. The summed E-state index contributed by atoms with van der Waals surface area (Å²) in [6, 6.07) is 1.36. The molecule has 0 aliphatic heterocycles. The van der Waals surface area contributed by atoms with Gasteiger partial charge in [-0.1, -0.05) is 38.9 Å². The van der Waals surface area contributed by atoms with Gasteiger partial charge >= 0.3 is 0 Å². The van der Waals surface area contributed by atoms with Crippen LogP contribution in [0.2, 0.25) is 12.6 Å². The zero-order chi connectivity index (χ0) is 11.9. The summed E-state index contributed by atoms with van der Waals surface area (Å²) in [4.78, 5) is 0. The molecule has 1 unspecified atom stereocenters. The maximum atomic E-state index is 4.25. The van der Waals surface area contributed by atoms with E-state index in [2.05, 4.69) is 45.4 Å². The molecular formula is C13H29NSi. The predicted molar refractivity (Wildman–Crippen MR) is 73.7 cm³/mol. The SMILES string of the molecule is C=C(C)[Si](C)(CCC)N(CCC)CCC. The van der Waals surface area contributed by atoms with E-state index in [9.17, 15) is 0 Å². The van der Waals surface area contributed by atoms with Gasteiger partial charge in [0.1, 0.15) is 0 Å². The van der Waals surface area contributed by atoms with E-state index in [0.717, 1.165) is 0 Å². The Labute approximate surface area is 97.6 Å². The van der Waals surface area contributed by atoms with E-state index >= 15 is 0 Å². The van der Waals surface area contributed by atoms with E-state index in [-0.39, 0.29) is 0 Å². The van der Waals surface area contributed by atoms with Gasteiger partial charge in [-0.05, 0) is 38.9 Å². The van der Waals surface area contributed by atoms with Crippen LogP contribution in [0.25, 0.3) is 0 Å². The van der Waals surface area contributed by atoms with Crippen molar-refractivity contribution in [2.45, 2.75) is 59.5 Å². The monoisotopic (exact) mass is 227 g/mol. The Balaban J connectivity index is 4.72. The molecule has 0 aliphatic rings. The average molecular weight is 227 g/mol. The Morgan fingerprint density at radius 2 is 1.53 bits per heavy atom. The summed E-state index contributed by atoms with van der Waals surface area (Å²) in [6.45, 7) is 18.3. The molecular weight excluding hydrogens is 198 g/mol. The number of allylic oxidation sites excluding steroid dienone is 1. The molecule has 0 aromatic carbocycles. The van der Waals surface area contributed by atoms with Crippen LogP contribution in [-0.4, -0.2) is 25.9 Å². The third-order valence-electron chi connectivity index (χ3n) is 3.34. The highest BCUT2D eigenvalue weighted by Gasteiger charge is 2.33. The largest absolute Gasteiger partial charge is 0.320 e. The molecule has 0 amide bonds. The average Bonchev–Trinajstić information content (AvgIpc) is 2.17. The smallest absolute Gasteiger partial charge is 0.152 e. The maximum Gasteiger partial charge on any atom is 0.152 e. The second kappa shape index (κ2) is 7.23. The molecule has 1 atom stereocenters. The molecule has 0 aliphatic carbocycles. The first-order valence-electron chi connectivity index (χ1n) is 6.43. The maximum absolute atomic E-state index is 4.25. The first kappa shape index (κ1) is 14.9. The van der Waals surface area contributed by atoms with Gasteiger partial charge in [-0.25, -0.2) is 0 Å². The lowest BCUT2D eigenvalue weighted by Gasteiger charge is -2.40. The van der Waals surface area contributed by atoms with Gasteiger partial charge in [-0.3, -0.25) is 0 Å². The zero-order valence-corrected chi connectivity index (χ0v) is 12.4. The zero-order valence-electron chi connectivity index (χ0n) is 11.4. The van der Waals surface area contributed by atoms with Crippen LogP contribution in [0.15, 0.2) is 11.8 Å². The summed E-state index contributed by atoms with van der Waals surface area (Å²) in [5, 5.41) is 1.45. The van der Waals surface area contributed by atoms with Gasteiger partial charge in [-0.15, -0.1) is 6.58 Å². The Morgan fingerprint density at radius 3 is 1.80 bits per heavy atom. The normalized spacial score (nSPS) is 15.3. The number of hydrogen-bond acceptors (Lipinski definition) is 1. The minimum Gasteiger partial charge on any atom is -0.320 e. The lowest BCUT2D eigenvalue weighted by Crippen LogP contribution is -2.52. The van der Waals surface area contributed by atoms with Crippen LogP contribution in [0.3, 0.4) is 0 Å². The van der Waals surface area contributed by atoms with Gasteiger partial charge in [0.15, 0.2) is 8.24 Å². The molecule has 0 spiro atoms. The summed E-state index contributed by atoms with van der Waals surface area (Å²) < 4.78 is 2.75. The van der Waals surface area contributed by atoms with Crippen molar-refractivity contribution in [1.29, 1.82) is 0 Å². The molecule has 0 radical (unpaired) electrons. The van der Waals surface area contributed by atoms with Crippen molar-refractivity contribution >= 4 is 8.24 Å². The molecule has 0 N–H and O–H groups in total. The molecule has 15 heavy (non-hydrogen) atoms. The van der Waals surface area contributed by atoms with Crippen molar-refractivity contribution < 1.29 is 0 Å². The molecule has 2 heteroatoms. The van der Waals surface area contributed by atoms with E-state index in [1.54, 1.807) is 0 Å². The molecule has 0 fully saturated rings. The third kappa shape index (κ3) is 4.11. The Morgan fingerprint density at radius 1 is 1.07 bits per heavy atom. The van der Waals surface area contributed by atoms with Crippen LogP contribution in [0, 0.1) is 0 Å². The van der Waals surface area contributed by atoms with Crippen LogP contribution >= 0.6 is 0 Å². The van der Waals surface area contributed by atoms with Gasteiger partial charge in [0, 0.05) is 0 Å². The summed E-state index contributed by atoms with van der Waals surface area (Å²) in [6.07, 6.45) is 3.82. The molecule has 0 bridgehead atoms.